The molecule has 0 spiro atoms. The molecule has 1 atom stereocenters. The minimum absolute atomic E-state index is 0.187. The third-order valence-corrected chi connectivity index (χ3v) is 3.21. The van der Waals surface area contributed by atoms with E-state index in [2.05, 4.69) is 11.9 Å². The fourth-order valence-corrected chi connectivity index (χ4v) is 2.33. The van der Waals surface area contributed by atoms with Crippen molar-refractivity contribution in [3.8, 4) is 5.75 Å². The lowest BCUT2D eigenvalue weighted by molar-refractivity contribution is 0.155. The number of nitrogens with zero attached hydrogens (tertiary/aromatic N) is 2. The molecule has 0 aliphatic heterocycles. The molecule has 0 radical (unpaired) electrons. The maximum atomic E-state index is 6.07. The highest BCUT2D eigenvalue weighted by Crippen LogP contribution is 2.30. The number of rotatable bonds is 6. The van der Waals surface area contributed by atoms with Crippen LogP contribution in [0.5, 0.6) is 5.75 Å². The van der Waals surface area contributed by atoms with Crippen molar-refractivity contribution >= 4 is 17.0 Å². The van der Waals surface area contributed by atoms with Gasteiger partial charge in [0.1, 0.15) is 11.3 Å². The van der Waals surface area contributed by atoms with Gasteiger partial charge in [-0.25, -0.2) is 4.98 Å². The molecule has 1 heterocycles. The number of imidazole rings is 1. The van der Waals surface area contributed by atoms with Crippen molar-refractivity contribution in [2.75, 3.05) is 26.1 Å². The maximum absolute atomic E-state index is 6.07. The van der Waals surface area contributed by atoms with E-state index in [-0.39, 0.29) is 6.04 Å². The molecule has 0 amide bonds. The summed E-state index contributed by atoms with van der Waals surface area (Å²) in [7, 11) is 1.70. The van der Waals surface area contributed by atoms with E-state index in [1.54, 1.807) is 7.11 Å². The largest absolute Gasteiger partial charge is 0.492 e. The Balaban J connectivity index is 2.55. The Morgan fingerprint density at radius 2 is 2.16 bits per heavy atom. The van der Waals surface area contributed by atoms with E-state index in [1.165, 1.54) is 0 Å². The number of nitrogen functional groups attached to an aromatic ring is 1. The molecule has 0 bridgehead atoms. The third kappa shape index (κ3) is 2.51. The minimum Gasteiger partial charge on any atom is -0.492 e. The van der Waals surface area contributed by atoms with E-state index < -0.39 is 0 Å². The molecule has 0 saturated carbocycles. The minimum atomic E-state index is 0.187. The average molecular weight is 263 g/mol. The van der Waals surface area contributed by atoms with Crippen LogP contribution in [-0.2, 0) is 4.74 Å². The summed E-state index contributed by atoms with van der Waals surface area (Å²) in [6.07, 6.45) is 0.933. The van der Waals surface area contributed by atoms with Gasteiger partial charge in [0.2, 0.25) is 5.95 Å². The highest BCUT2D eigenvalue weighted by molar-refractivity contribution is 5.84. The molecule has 2 N–H and O–H groups in total. The molecule has 1 aromatic carbocycles. The normalized spacial score (nSPS) is 12.8. The Labute approximate surface area is 113 Å². The molecule has 1 unspecified atom stereocenters. The number of anilines is 1. The lowest BCUT2D eigenvalue weighted by Gasteiger charge is -2.18. The molecule has 104 valence electrons. The molecule has 19 heavy (non-hydrogen) atoms. The smallest absolute Gasteiger partial charge is 0.201 e. The summed E-state index contributed by atoms with van der Waals surface area (Å²) < 4.78 is 12.9. The predicted octanol–water partition coefficient (Wildman–Crippen LogP) is 2.61. The lowest BCUT2D eigenvalue weighted by Crippen LogP contribution is -2.15. The Bertz CT molecular complexity index is 551. The number of hydrogen-bond acceptors (Lipinski definition) is 4. The van der Waals surface area contributed by atoms with E-state index >= 15 is 0 Å². The second-order valence-electron chi connectivity index (χ2n) is 4.41. The van der Waals surface area contributed by atoms with Gasteiger partial charge in [-0.3, -0.25) is 0 Å². The van der Waals surface area contributed by atoms with Gasteiger partial charge in [-0.1, -0.05) is 13.0 Å². The summed E-state index contributed by atoms with van der Waals surface area (Å²) in [5.41, 5.74) is 7.87. The van der Waals surface area contributed by atoms with Crippen molar-refractivity contribution in [1.29, 1.82) is 0 Å². The van der Waals surface area contributed by atoms with Gasteiger partial charge in [0, 0.05) is 7.11 Å². The Hall–Kier alpha value is -1.75. The summed E-state index contributed by atoms with van der Waals surface area (Å²) in [6.45, 7) is 5.30. The number of methoxy groups -OCH3 is 1. The van der Waals surface area contributed by atoms with Crippen LogP contribution in [0.4, 0.5) is 5.95 Å². The predicted molar refractivity (Wildman–Crippen MR) is 76.5 cm³/mol. The van der Waals surface area contributed by atoms with Gasteiger partial charge in [-0.05, 0) is 25.5 Å². The molecule has 5 heteroatoms. The molecule has 0 fully saturated rings. The molecule has 0 saturated heterocycles. The molecular weight excluding hydrogens is 242 g/mol. The van der Waals surface area contributed by atoms with Crippen LogP contribution in [0.3, 0.4) is 0 Å². The molecule has 5 nitrogen and oxygen atoms in total. The van der Waals surface area contributed by atoms with Crippen LogP contribution in [0.15, 0.2) is 18.2 Å². The molecule has 1 aromatic heterocycles. The first-order chi connectivity index (χ1) is 9.22. The summed E-state index contributed by atoms with van der Waals surface area (Å²) in [6, 6.07) is 6.08. The first-order valence-electron chi connectivity index (χ1n) is 6.61. The zero-order valence-electron chi connectivity index (χ0n) is 11.7. The van der Waals surface area contributed by atoms with E-state index in [1.807, 2.05) is 29.7 Å². The molecule has 2 aromatic rings. The van der Waals surface area contributed by atoms with Crippen molar-refractivity contribution in [1.82, 2.24) is 9.55 Å². The first kappa shape index (κ1) is 13.7. The number of hydrogen-bond donors (Lipinski definition) is 1. The highest BCUT2D eigenvalue weighted by Gasteiger charge is 2.18. The van der Waals surface area contributed by atoms with Crippen LogP contribution in [0.25, 0.3) is 11.0 Å². The first-order valence-corrected chi connectivity index (χ1v) is 6.61. The van der Waals surface area contributed by atoms with Crippen LogP contribution < -0.4 is 10.5 Å². The van der Waals surface area contributed by atoms with E-state index in [0.717, 1.165) is 23.2 Å². The molecule has 2 rings (SSSR count). The monoisotopic (exact) mass is 263 g/mol. The van der Waals surface area contributed by atoms with Crippen molar-refractivity contribution in [2.24, 2.45) is 0 Å². The Kier molecular flexibility index (Phi) is 4.27. The Morgan fingerprint density at radius 3 is 2.79 bits per heavy atom. The summed E-state index contributed by atoms with van der Waals surface area (Å²) >= 11 is 0. The van der Waals surface area contributed by atoms with E-state index in [9.17, 15) is 0 Å². The fourth-order valence-electron chi connectivity index (χ4n) is 2.33. The number of aromatic nitrogens is 2. The molecule has 0 aliphatic rings. The fraction of sp³-hybridized carbons (Fsp3) is 0.500. The average Bonchev–Trinajstić information content (AvgIpc) is 2.74. The van der Waals surface area contributed by atoms with Gasteiger partial charge >= 0.3 is 0 Å². The van der Waals surface area contributed by atoms with Crippen LogP contribution in [0.1, 0.15) is 26.3 Å². The zero-order chi connectivity index (χ0) is 13.8. The third-order valence-electron chi connectivity index (χ3n) is 3.21. The number of nitrogens with two attached hydrogens (primary N) is 1. The van der Waals surface area contributed by atoms with Gasteiger partial charge in [0.05, 0.1) is 24.8 Å². The quantitative estimate of drug-likeness (QED) is 0.870. The van der Waals surface area contributed by atoms with Gasteiger partial charge in [0.25, 0.3) is 0 Å². The van der Waals surface area contributed by atoms with Crippen molar-refractivity contribution in [3.05, 3.63) is 18.2 Å². The van der Waals surface area contributed by atoms with Crippen molar-refractivity contribution in [2.45, 2.75) is 26.3 Å². The standard InChI is InChI=1S/C14H21N3O2/c1-4-10(9-18-3)17-11-7-6-8-12(19-5-2)13(11)16-14(17)15/h6-8,10H,4-5,9H2,1-3H3,(H2,15,16). The second kappa shape index (κ2) is 5.93. The van der Waals surface area contributed by atoms with Gasteiger partial charge in [-0.15, -0.1) is 0 Å². The number of ether oxygens (including phenoxy) is 2. The van der Waals surface area contributed by atoms with Crippen LogP contribution in [0.2, 0.25) is 0 Å². The summed E-state index contributed by atoms with van der Waals surface area (Å²) in [5.74, 6) is 1.28. The van der Waals surface area contributed by atoms with Gasteiger partial charge in [0.15, 0.2) is 0 Å². The van der Waals surface area contributed by atoms with E-state index in [0.29, 0.717) is 19.2 Å². The zero-order valence-corrected chi connectivity index (χ0v) is 11.7. The van der Waals surface area contributed by atoms with Crippen LogP contribution in [-0.4, -0.2) is 29.9 Å². The van der Waals surface area contributed by atoms with Gasteiger partial charge in [-0.2, -0.15) is 0 Å². The summed E-state index contributed by atoms with van der Waals surface area (Å²) in [5, 5.41) is 0. The topological polar surface area (TPSA) is 62.3 Å². The maximum Gasteiger partial charge on any atom is 0.201 e. The van der Waals surface area contributed by atoms with Crippen molar-refractivity contribution < 1.29 is 9.47 Å². The van der Waals surface area contributed by atoms with Crippen molar-refractivity contribution in [3.63, 3.8) is 0 Å². The van der Waals surface area contributed by atoms with Crippen LogP contribution >= 0.6 is 0 Å². The Morgan fingerprint density at radius 1 is 1.37 bits per heavy atom. The van der Waals surface area contributed by atoms with Gasteiger partial charge < -0.3 is 19.8 Å². The highest BCUT2D eigenvalue weighted by atomic mass is 16.5. The molecule has 0 aliphatic carbocycles. The van der Waals surface area contributed by atoms with E-state index in [4.69, 9.17) is 15.2 Å². The summed E-state index contributed by atoms with van der Waals surface area (Å²) in [4.78, 5) is 4.44. The SMILES string of the molecule is CCOc1cccc2c1nc(N)n2C(CC)COC. The second-order valence-corrected chi connectivity index (χ2v) is 4.41. The number of fused-ring (bicyclic) bond motifs is 1. The molecular formula is C14H21N3O2. The van der Waals surface area contributed by atoms with Crippen LogP contribution in [0, 0.1) is 0 Å². The lowest BCUT2D eigenvalue weighted by atomic mass is 10.2. The number of para-hydroxylation sites is 1. The number of benzene rings is 1.